The van der Waals surface area contributed by atoms with Gasteiger partial charge in [0.05, 0.1) is 0 Å². The van der Waals surface area contributed by atoms with Crippen LogP contribution in [0.1, 0.15) is 64.7 Å². The Labute approximate surface area is 83.1 Å². The third-order valence-electron chi connectivity index (χ3n) is 3.29. The molecule has 2 unspecified atom stereocenters. The molecule has 2 atom stereocenters. The second kappa shape index (κ2) is 6.42. The highest BCUT2D eigenvalue weighted by molar-refractivity contribution is 4.73. The highest BCUT2D eigenvalue weighted by Crippen LogP contribution is 2.26. The van der Waals surface area contributed by atoms with E-state index in [4.69, 9.17) is 5.73 Å². The monoisotopic (exact) mass is 183 g/mol. The van der Waals surface area contributed by atoms with Crippen molar-refractivity contribution in [1.82, 2.24) is 0 Å². The van der Waals surface area contributed by atoms with E-state index in [0.717, 1.165) is 5.92 Å². The van der Waals surface area contributed by atoms with Crippen LogP contribution in [-0.4, -0.2) is 6.04 Å². The van der Waals surface area contributed by atoms with Crippen LogP contribution in [0.2, 0.25) is 0 Å². The van der Waals surface area contributed by atoms with Gasteiger partial charge >= 0.3 is 0 Å². The Morgan fingerprint density at radius 2 is 1.92 bits per heavy atom. The van der Waals surface area contributed by atoms with Crippen LogP contribution < -0.4 is 5.73 Å². The molecule has 1 aliphatic rings. The van der Waals surface area contributed by atoms with Crippen LogP contribution in [0, 0.1) is 5.92 Å². The Balaban J connectivity index is 2.15. The predicted molar refractivity (Wildman–Crippen MR) is 58.7 cm³/mol. The molecule has 1 nitrogen and oxygen atoms in total. The minimum absolute atomic E-state index is 0.508. The van der Waals surface area contributed by atoms with Crippen molar-refractivity contribution < 1.29 is 0 Å². The van der Waals surface area contributed by atoms with Gasteiger partial charge in [-0.15, -0.1) is 0 Å². The van der Waals surface area contributed by atoms with Gasteiger partial charge < -0.3 is 5.73 Å². The predicted octanol–water partition coefficient (Wildman–Crippen LogP) is 3.47. The zero-order chi connectivity index (χ0) is 9.52. The van der Waals surface area contributed by atoms with Gasteiger partial charge in [-0.2, -0.15) is 0 Å². The standard InChI is InChI=1S/C12H25N/c1-2-3-4-7-11-8-5-6-9-12(13)10-11/h11-12H,2-10,13H2,1H3. The fraction of sp³-hybridized carbons (Fsp3) is 1.00. The van der Waals surface area contributed by atoms with Crippen molar-refractivity contribution in [2.45, 2.75) is 70.8 Å². The maximum absolute atomic E-state index is 6.03. The van der Waals surface area contributed by atoms with Gasteiger partial charge in [-0.1, -0.05) is 51.9 Å². The van der Waals surface area contributed by atoms with Crippen molar-refractivity contribution in [3.63, 3.8) is 0 Å². The summed E-state index contributed by atoms with van der Waals surface area (Å²) in [5.41, 5.74) is 6.03. The normalized spacial score (nSPS) is 30.0. The van der Waals surface area contributed by atoms with Crippen LogP contribution in [-0.2, 0) is 0 Å². The van der Waals surface area contributed by atoms with Crippen molar-refractivity contribution in [3.05, 3.63) is 0 Å². The molecular formula is C12H25N. The molecule has 0 amide bonds. The molecule has 1 aliphatic carbocycles. The molecular weight excluding hydrogens is 158 g/mol. The summed E-state index contributed by atoms with van der Waals surface area (Å²) in [6, 6.07) is 0.508. The summed E-state index contributed by atoms with van der Waals surface area (Å²) < 4.78 is 0. The van der Waals surface area contributed by atoms with E-state index < -0.39 is 0 Å². The minimum Gasteiger partial charge on any atom is -0.328 e. The first-order valence-corrected chi connectivity index (χ1v) is 6.08. The summed E-state index contributed by atoms with van der Waals surface area (Å²) in [7, 11) is 0. The van der Waals surface area contributed by atoms with Crippen LogP contribution in [0.15, 0.2) is 0 Å². The van der Waals surface area contributed by atoms with Gasteiger partial charge in [0.15, 0.2) is 0 Å². The molecule has 0 aromatic carbocycles. The lowest BCUT2D eigenvalue weighted by atomic mass is 9.92. The lowest BCUT2D eigenvalue weighted by Crippen LogP contribution is -2.21. The molecule has 1 rings (SSSR count). The second-order valence-electron chi connectivity index (χ2n) is 4.64. The van der Waals surface area contributed by atoms with Gasteiger partial charge in [0, 0.05) is 6.04 Å². The van der Waals surface area contributed by atoms with Gasteiger partial charge in [0.25, 0.3) is 0 Å². The fourth-order valence-electron chi connectivity index (χ4n) is 2.45. The van der Waals surface area contributed by atoms with Crippen LogP contribution >= 0.6 is 0 Å². The van der Waals surface area contributed by atoms with Crippen molar-refractivity contribution in [3.8, 4) is 0 Å². The minimum atomic E-state index is 0.508. The average Bonchev–Trinajstić information content (AvgIpc) is 2.31. The maximum Gasteiger partial charge on any atom is 0.00414 e. The fourth-order valence-corrected chi connectivity index (χ4v) is 2.45. The van der Waals surface area contributed by atoms with Crippen molar-refractivity contribution in [2.75, 3.05) is 0 Å². The molecule has 0 aromatic rings. The van der Waals surface area contributed by atoms with E-state index in [1.807, 2.05) is 0 Å². The summed E-state index contributed by atoms with van der Waals surface area (Å²) in [5, 5.41) is 0. The topological polar surface area (TPSA) is 26.0 Å². The number of hydrogen-bond acceptors (Lipinski definition) is 1. The molecule has 1 fully saturated rings. The Hall–Kier alpha value is -0.0400. The molecule has 13 heavy (non-hydrogen) atoms. The summed E-state index contributed by atoms with van der Waals surface area (Å²) in [6.45, 7) is 2.28. The Kier molecular flexibility index (Phi) is 5.45. The molecule has 0 aliphatic heterocycles. The molecule has 0 heterocycles. The molecule has 2 N–H and O–H groups in total. The smallest absolute Gasteiger partial charge is 0.00414 e. The Morgan fingerprint density at radius 3 is 2.69 bits per heavy atom. The Bertz CT molecular complexity index is 122. The van der Waals surface area contributed by atoms with E-state index in [1.54, 1.807) is 0 Å². The molecule has 0 bridgehead atoms. The van der Waals surface area contributed by atoms with Crippen molar-refractivity contribution in [1.29, 1.82) is 0 Å². The zero-order valence-corrected chi connectivity index (χ0v) is 9.10. The van der Waals surface area contributed by atoms with E-state index in [9.17, 15) is 0 Å². The third kappa shape index (κ3) is 4.66. The Morgan fingerprint density at radius 1 is 1.15 bits per heavy atom. The first kappa shape index (κ1) is 11.0. The van der Waals surface area contributed by atoms with Gasteiger partial charge in [-0.3, -0.25) is 0 Å². The van der Waals surface area contributed by atoms with Gasteiger partial charge in [0.2, 0.25) is 0 Å². The molecule has 78 valence electrons. The van der Waals surface area contributed by atoms with Crippen LogP contribution in [0.3, 0.4) is 0 Å². The summed E-state index contributed by atoms with van der Waals surface area (Å²) in [6.07, 6.45) is 12.4. The molecule has 0 spiro atoms. The van der Waals surface area contributed by atoms with Crippen molar-refractivity contribution >= 4 is 0 Å². The molecule has 1 saturated carbocycles. The van der Waals surface area contributed by atoms with Crippen molar-refractivity contribution in [2.24, 2.45) is 11.7 Å². The average molecular weight is 183 g/mol. The lowest BCUT2D eigenvalue weighted by molar-refractivity contribution is 0.390. The van der Waals surface area contributed by atoms with E-state index in [0.29, 0.717) is 6.04 Å². The van der Waals surface area contributed by atoms with Crippen LogP contribution in [0.25, 0.3) is 0 Å². The van der Waals surface area contributed by atoms with Crippen LogP contribution in [0.5, 0.6) is 0 Å². The molecule has 1 heteroatoms. The van der Waals surface area contributed by atoms with E-state index in [-0.39, 0.29) is 0 Å². The van der Waals surface area contributed by atoms with E-state index >= 15 is 0 Å². The van der Waals surface area contributed by atoms with Gasteiger partial charge in [-0.05, 0) is 18.8 Å². The first-order chi connectivity index (χ1) is 6.33. The molecule has 0 saturated heterocycles. The molecule has 0 aromatic heterocycles. The van der Waals surface area contributed by atoms with E-state index in [1.165, 1.54) is 57.8 Å². The maximum atomic E-state index is 6.03. The zero-order valence-electron chi connectivity index (χ0n) is 9.10. The summed E-state index contributed by atoms with van der Waals surface area (Å²) >= 11 is 0. The number of hydrogen-bond donors (Lipinski definition) is 1. The number of nitrogens with two attached hydrogens (primary N) is 1. The van der Waals surface area contributed by atoms with E-state index in [2.05, 4.69) is 6.92 Å². The van der Waals surface area contributed by atoms with Gasteiger partial charge in [0.1, 0.15) is 0 Å². The summed E-state index contributed by atoms with van der Waals surface area (Å²) in [5.74, 6) is 0.948. The molecule has 0 radical (unpaired) electrons. The van der Waals surface area contributed by atoms with Crippen LogP contribution in [0.4, 0.5) is 0 Å². The first-order valence-electron chi connectivity index (χ1n) is 6.08. The second-order valence-corrected chi connectivity index (χ2v) is 4.64. The SMILES string of the molecule is CCCCCC1CCCCC(N)C1. The quantitative estimate of drug-likeness (QED) is 0.524. The summed E-state index contributed by atoms with van der Waals surface area (Å²) in [4.78, 5) is 0. The largest absolute Gasteiger partial charge is 0.328 e. The number of unbranched alkanes of at least 4 members (excludes halogenated alkanes) is 2. The highest BCUT2D eigenvalue weighted by atomic mass is 14.6. The van der Waals surface area contributed by atoms with Gasteiger partial charge in [-0.25, -0.2) is 0 Å². The highest BCUT2D eigenvalue weighted by Gasteiger charge is 2.16. The lowest BCUT2D eigenvalue weighted by Gasteiger charge is -2.16. The third-order valence-corrected chi connectivity index (χ3v) is 3.29. The number of rotatable bonds is 4.